The lowest BCUT2D eigenvalue weighted by Crippen LogP contribution is -2.46. The smallest absolute Gasteiger partial charge is 0.327 e. The molecule has 0 fully saturated rings. The zero-order valence-corrected chi connectivity index (χ0v) is 10.5. The van der Waals surface area contributed by atoms with Gasteiger partial charge in [-0.1, -0.05) is 0 Å². The third kappa shape index (κ3) is 9.77. The second-order valence-corrected chi connectivity index (χ2v) is 3.85. The molecular weight excluding hydrogens is 224 g/mol. The molecule has 0 saturated heterocycles. The van der Waals surface area contributed by atoms with E-state index in [1.807, 2.05) is 0 Å². The molecule has 0 radical (unpaired) electrons. The Hall–Kier alpha value is -1.14. The Morgan fingerprint density at radius 2 is 2.00 bits per heavy atom. The third-order valence-corrected chi connectivity index (χ3v) is 2.23. The highest BCUT2D eigenvalue weighted by Crippen LogP contribution is 1.94. The zero-order valence-electron chi connectivity index (χ0n) is 10.5. The minimum atomic E-state index is -1.02. The SMILES string of the molecule is COCCCCCNCC(NC(C)=O)C(=O)O. The van der Waals surface area contributed by atoms with Crippen LogP contribution < -0.4 is 10.6 Å². The van der Waals surface area contributed by atoms with Crippen LogP contribution in [0.15, 0.2) is 0 Å². The number of carboxylic acids is 1. The minimum absolute atomic E-state index is 0.249. The van der Waals surface area contributed by atoms with E-state index in [0.29, 0.717) is 0 Å². The first-order valence-corrected chi connectivity index (χ1v) is 5.77. The van der Waals surface area contributed by atoms with Crippen molar-refractivity contribution >= 4 is 11.9 Å². The number of rotatable bonds is 10. The van der Waals surface area contributed by atoms with E-state index in [1.165, 1.54) is 6.92 Å². The van der Waals surface area contributed by atoms with Gasteiger partial charge < -0.3 is 20.5 Å². The number of methoxy groups -OCH3 is 1. The predicted molar refractivity (Wildman–Crippen MR) is 63.8 cm³/mol. The van der Waals surface area contributed by atoms with Crippen LogP contribution in [0, 0.1) is 0 Å². The van der Waals surface area contributed by atoms with Gasteiger partial charge in [0.1, 0.15) is 6.04 Å². The number of aliphatic carboxylic acids is 1. The minimum Gasteiger partial charge on any atom is -0.480 e. The average molecular weight is 246 g/mol. The van der Waals surface area contributed by atoms with Gasteiger partial charge in [0.05, 0.1) is 0 Å². The Labute approximate surface area is 102 Å². The van der Waals surface area contributed by atoms with Gasteiger partial charge in [0.15, 0.2) is 0 Å². The Morgan fingerprint density at radius 3 is 2.53 bits per heavy atom. The van der Waals surface area contributed by atoms with Crippen molar-refractivity contribution in [2.24, 2.45) is 0 Å². The standard InChI is InChI=1S/C11H22N2O4/c1-9(14)13-10(11(15)16)8-12-6-4-3-5-7-17-2/h10,12H,3-8H2,1-2H3,(H,13,14)(H,15,16). The van der Waals surface area contributed by atoms with Gasteiger partial charge in [-0.25, -0.2) is 4.79 Å². The van der Waals surface area contributed by atoms with Crippen LogP contribution in [0.25, 0.3) is 0 Å². The number of amides is 1. The van der Waals surface area contributed by atoms with E-state index < -0.39 is 12.0 Å². The summed E-state index contributed by atoms with van der Waals surface area (Å²) < 4.78 is 4.92. The van der Waals surface area contributed by atoms with Gasteiger partial charge in [0, 0.05) is 27.2 Å². The zero-order chi connectivity index (χ0) is 13.1. The van der Waals surface area contributed by atoms with Crippen molar-refractivity contribution in [3.05, 3.63) is 0 Å². The molecule has 0 spiro atoms. The summed E-state index contributed by atoms with van der Waals surface area (Å²) in [7, 11) is 1.67. The van der Waals surface area contributed by atoms with E-state index in [9.17, 15) is 9.59 Å². The average Bonchev–Trinajstić information content (AvgIpc) is 2.25. The molecule has 0 aliphatic carbocycles. The Kier molecular flexibility index (Phi) is 9.37. The van der Waals surface area contributed by atoms with E-state index >= 15 is 0 Å². The Bertz CT molecular complexity index is 234. The lowest BCUT2D eigenvalue weighted by molar-refractivity contribution is -0.141. The van der Waals surface area contributed by atoms with E-state index in [1.54, 1.807) is 7.11 Å². The number of nitrogens with one attached hydrogen (secondary N) is 2. The molecule has 0 heterocycles. The molecule has 3 N–H and O–H groups in total. The van der Waals surface area contributed by atoms with Crippen molar-refractivity contribution in [1.82, 2.24) is 10.6 Å². The predicted octanol–water partition coefficient (Wildman–Crippen LogP) is -0.0180. The normalized spacial score (nSPS) is 12.1. The monoisotopic (exact) mass is 246 g/mol. The van der Waals surface area contributed by atoms with Crippen LogP contribution in [0.1, 0.15) is 26.2 Å². The Morgan fingerprint density at radius 1 is 1.29 bits per heavy atom. The molecule has 1 unspecified atom stereocenters. The van der Waals surface area contributed by atoms with Crippen molar-refractivity contribution in [2.75, 3.05) is 26.8 Å². The second-order valence-electron chi connectivity index (χ2n) is 3.85. The molecule has 1 atom stereocenters. The fraction of sp³-hybridized carbons (Fsp3) is 0.818. The van der Waals surface area contributed by atoms with E-state index in [2.05, 4.69) is 10.6 Å². The van der Waals surface area contributed by atoms with Crippen molar-refractivity contribution in [2.45, 2.75) is 32.2 Å². The maximum Gasteiger partial charge on any atom is 0.327 e. The third-order valence-electron chi connectivity index (χ3n) is 2.23. The van der Waals surface area contributed by atoms with Gasteiger partial charge in [-0.3, -0.25) is 4.79 Å². The van der Waals surface area contributed by atoms with Gasteiger partial charge in [-0.05, 0) is 25.8 Å². The summed E-state index contributed by atoms with van der Waals surface area (Å²) in [4.78, 5) is 21.5. The van der Waals surface area contributed by atoms with E-state index in [4.69, 9.17) is 9.84 Å². The second kappa shape index (κ2) is 10.0. The van der Waals surface area contributed by atoms with Gasteiger partial charge in [0.25, 0.3) is 0 Å². The highest BCUT2D eigenvalue weighted by atomic mass is 16.5. The molecule has 0 aromatic carbocycles. The fourth-order valence-corrected chi connectivity index (χ4v) is 1.37. The van der Waals surface area contributed by atoms with Crippen LogP contribution in [-0.2, 0) is 14.3 Å². The highest BCUT2D eigenvalue weighted by Gasteiger charge is 2.16. The van der Waals surface area contributed by atoms with Crippen LogP contribution in [0.3, 0.4) is 0 Å². The van der Waals surface area contributed by atoms with Gasteiger partial charge in [0.2, 0.25) is 5.91 Å². The molecule has 0 aromatic heterocycles. The quantitative estimate of drug-likeness (QED) is 0.472. The van der Waals surface area contributed by atoms with Crippen LogP contribution in [0.5, 0.6) is 0 Å². The lowest BCUT2D eigenvalue weighted by atomic mass is 10.2. The summed E-state index contributed by atoms with van der Waals surface area (Å²) in [6, 6.07) is -0.855. The summed E-state index contributed by atoms with van der Waals surface area (Å²) in [5, 5.41) is 14.2. The number of carbonyl (C=O) groups excluding carboxylic acids is 1. The summed E-state index contributed by atoms with van der Waals surface area (Å²) in [6.45, 7) is 3.05. The van der Waals surface area contributed by atoms with Crippen LogP contribution >= 0.6 is 0 Å². The molecule has 0 aliphatic heterocycles. The molecule has 6 nitrogen and oxygen atoms in total. The Balaban J connectivity index is 3.55. The molecule has 0 aromatic rings. The lowest BCUT2D eigenvalue weighted by Gasteiger charge is -2.13. The number of carboxylic acid groups (broad SMARTS) is 1. The number of ether oxygens (including phenoxy) is 1. The number of hydrogen-bond donors (Lipinski definition) is 3. The molecular formula is C11H22N2O4. The van der Waals surface area contributed by atoms with Crippen molar-refractivity contribution in [3.63, 3.8) is 0 Å². The van der Waals surface area contributed by atoms with Crippen molar-refractivity contribution in [3.8, 4) is 0 Å². The topological polar surface area (TPSA) is 87.7 Å². The first kappa shape index (κ1) is 15.9. The fourth-order valence-electron chi connectivity index (χ4n) is 1.37. The summed E-state index contributed by atoms with van der Waals surface area (Å²) in [5.74, 6) is -1.36. The highest BCUT2D eigenvalue weighted by molar-refractivity contribution is 5.82. The van der Waals surface area contributed by atoms with Gasteiger partial charge in [-0.15, -0.1) is 0 Å². The molecule has 0 rings (SSSR count). The molecule has 17 heavy (non-hydrogen) atoms. The van der Waals surface area contributed by atoms with E-state index in [-0.39, 0.29) is 12.5 Å². The molecule has 6 heteroatoms. The van der Waals surface area contributed by atoms with Crippen LogP contribution in [-0.4, -0.2) is 49.8 Å². The molecule has 0 bridgehead atoms. The molecule has 0 aliphatic rings. The van der Waals surface area contributed by atoms with Crippen LogP contribution in [0.4, 0.5) is 0 Å². The largest absolute Gasteiger partial charge is 0.480 e. The van der Waals surface area contributed by atoms with E-state index in [0.717, 1.165) is 32.4 Å². The molecule has 100 valence electrons. The van der Waals surface area contributed by atoms with Gasteiger partial charge in [-0.2, -0.15) is 0 Å². The first-order valence-electron chi connectivity index (χ1n) is 5.77. The number of hydrogen-bond acceptors (Lipinski definition) is 4. The maximum absolute atomic E-state index is 10.8. The number of carbonyl (C=O) groups is 2. The van der Waals surface area contributed by atoms with Crippen molar-refractivity contribution in [1.29, 1.82) is 0 Å². The van der Waals surface area contributed by atoms with Crippen LogP contribution in [0.2, 0.25) is 0 Å². The number of unbranched alkanes of at least 4 members (excludes halogenated alkanes) is 2. The molecule has 1 amide bonds. The maximum atomic E-state index is 10.8. The summed E-state index contributed by atoms with van der Waals surface area (Å²) >= 11 is 0. The van der Waals surface area contributed by atoms with Gasteiger partial charge >= 0.3 is 5.97 Å². The first-order chi connectivity index (χ1) is 8.07. The molecule has 0 saturated carbocycles. The van der Waals surface area contributed by atoms with Crippen molar-refractivity contribution < 1.29 is 19.4 Å². The summed E-state index contributed by atoms with van der Waals surface area (Å²) in [5.41, 5.74) is 0. The summed E-state index contributed by atoms with van der Waals surface area (Å²) in [6.07, 6.45) is 3.01.